The number of ether oxygens (including phenoxy) is 1. The Balaban J connectivity index is 1.80. The minimum absolute atomic E-state index is 0.132. The molecule has 2 saturated heterocycles. The molecule has 0 bridgehead atoms. The molecule has 2 aliphatic heterocycles. The lowest BCUT2D eigenvalue weighted by molar-refractivity contribution is -0.128. The maximum atomic E-state index is 11.8. The van der Waals surface area contributed by atoms with E-state index in [-0.39, 0.29) is 12.6 Å². The zero-order valence-corrected chi connectivity index (χ0v) is 9.72. The maximum Gasteiger partial charge on any atom is 0.416 e. The SMILES string of the molecule is N#CB1CCC(CC(=O)N2CCOC2=O)CC1. The van der Waals surface area contributed by atoms with E-state index in [1.165, 1.54) is 4.90 Å². The summed E-state index contributed by atoms with van der Waals surface area (Å²) in [5, 5.41) is 8.78. The minimum Gasteiger partial charge on any atom is -0.447 e. The van der Waals surface area contributed by atoms with Crippen LogP contribution in [-0.4, -0.2) is 36.8 Å². The maximum absolute atomic E-state index is 11.8. The van der Waals surface area contributed by atoms with Crippen molar-refractivity contribution in [2.24, 2.45) is 5.92 Å². The standard InChI is InChI=1S/C11H15BN2O3/c13-8-12-3-1-9(2-4-12)7-10(15)14-5-6-17-11(14)16/h9H,1-7H2. The fourth-order valence-electron chi connectivity index (χ4n) is 2.47. The summed E-state index contributed by atoms with van der Waals surface area (Å²) in [6.45, 7) is 0.842. The van der Waals surface area contributed by atoms with Gasteiger partial charge in [0.2, 0.25) is 5.91 Å². The van der Waals surface area contributed by atoms with Crippen molar-refractivity contribution in [3.05, 3.63) is 0 Å². The number of imide groups is 1. The van der Waals surface area contributed by atoms with E-state index < -0.39 is 6.09 Å². The lowest BCUT2D eigenvalue weighted by Gasteiger charge is -2.23. The van der Waals surface area contributed by atoms with E-state index in [1.54, 1.807) is 0 Å². The van der Waals surface area contributed by atoms with Gasteiger partial charge in [0.1, 0.15) is 6.61 Å². The van der Waals surface area contributed by atoms with Crippen LogP contribution in [0.2, 0.25) is 12.6 Å². The normalized spacial score (nSPS) is 21.2. The van der Waals surface area contributed by atoms with E-state index in [2.05, 4.69) is 5.97 Å². The Morgan fingerprint density at radius 2 is 2.24 bits per heavy atom. The van der Waals surface area contributed by atoms with Gasteiger partial charge >= 0.3 is 6.09 Å². The summed E-state index contributed by atoms with van der Waals surface area (Å²) in [4.78, 5) is 24.2. The Bertz CT molecular complexity index is 358. The smallest absolute Gasteiger partial charge is 0.416 e. The average molecular weight is 234 g/mol. The molecule has 17 heavy (non-hydrogen) atoms. The minimum atomic E-state index is -0.513. The number of nitrogens with zero attached hydrogens (tertiary/aromatic N) is 2. The van der Waals surface area contributed by atoms with Crippen LogP contribution in [0.1, 0.15) is 19.3 Å². The van der Waals surface area contributed by atoms with Crippen molar-refractivity contribution in [3.63, 3.8) is 0 Å². The largest absolute Gasteiger partial charge is 0.447 e. The molecule has 2 heterocycles. The van der Waals surface area contributed by atoms with Crippen LogP contribution in [0, 0.1) is 17.1 Å². The van der Waals surface area contributed by atoms with Gasteiger partial charge < -0.3 is 4.74 Å². The zero-order valence-electron chi connectivity index (χ0n) is 9.72. The zero-order chi connectivity index (χ0) is 12.3. The summed E-state index contributed by atoms with van der Waals surface area (Å²) >= 11 is 0. The molecular formula is C11H15BN2O3. The van der Waals surface area contributed by atoms with E-state index in [1.807, 2.05) is 0 Å². The van der Waals surface area contributed by atoms with Gasteiger partial charge in [-0.1, -0.05) is 25.5 Å². The van der Waals surface area contributed by atoms with Crippen LogP contribution >= 0.6 is 0 Å². The molecule has 0 N–H and O–H groups in total. The number of amides is 2. The number of carbonyl (C=O) groups is 2. The predicted molar refractivity (Wildman–Crippen MR) is 61.4 cm³/mol. The van der Waals surface area contributed by atoms with Gasteiger partial charge in [-0.25, -0.2) is 15.0 Å². The van der Waals surface area contributed by atoms with Crippen molar-refractivity contribution >= 4 is 18.7 Å². The summed E-state index contributed by atoms with van der Waals surface area (Å²) < 4.78 is 4.73. The fraction of sp³-hybridized carbons (Fsp3) is 0.727. The fourth-order valence-corrected chi connectivity index (χ4v) is 2.47. The molecular weight excluding hydrogens is 219 g/mol. The first kappa shape index (κ1) is 12.0. The van der Waals surface area contributed by atoms with Crippen molar-refractivity contribution in [2.75, 3.05) is 13.2 Å². The lowest BCUT2D eigenvalue weighted by atomic mass is 9.41. The third-order valence-corrected chi connectivity index (χ3v) is 3.55. The molecule has 0 atom stereocenters. The van der Waals surface area contributed by atoms with Crippen molar-refractivity contribution < 1.29 is 14.3 Å². The first-order valence-electron chi connectivity index (χ1n) is 6.07. The van der Waals surface area contributed by atoms with E-state index in [0.29, 0.717) is 25.5 Å². The second kappa shape index (κ2) is 5.22. The molecule has 90 valence electrons. The molecule has 0 radical (unpaired) electrons. The number of cyclic esters (lactones) is 1. The Hall–Kier alpha value is -1.51. The number of nitriles is 1. The van der Waals surface area contributed by atoms with Crippen LogP contribution in [-0.2, 0) is 9.53 Å². The van der Waals surface area contributed by atoms with Crippen molar-refractivity contribution in [3.8, 4) is 5.97 Å². The molecule has 0 saturated carbocycles. The number of hydrogen-bond donors (Lipinski definition) is 0. The van der Waals surface area contributed by atoms with Crippen LogP contribution in [0.25, 0.3) is 0 Å². The van der Waals surface area contributed by atoms with Crippen LogP contribution in [0.3, 0.4) is 0 Å². The predicted octanol–water partition coefficient (Wildman–Crippen LogP) is 1.32. The molecule has 2 rings (SSSR count). The van der Waals surface area contributed by atoms with Crippen LogP contribution in [0.5, 0.6) is 0 Å². The molecule has 6 heteroatoms. The third-order valence-electron chi connectivity index (χ3n) is 3.55. The van der Waals surface area contributed by atoms with Crippen LogP contribution in [0.4, 0.5) is 4.79 Å². The first-order valence-corrected chi connectivity index (χ1v) is 6.07. The molecule has 2 amide bonds. The van der Waals surface area contributed by atoms with Gasteiger partial charge in [-0.15, -0.1) is 0 Å². The van der Waals surface area contributed by atoms with E-state index >= 15 is 0 Å². The Morgan fingerprint density at radius 1 is 1.53 bits per heavy atom. The summed E-state index contributed by atoms with van der Waals surface area (Å²) in [6.07, 6.45) is 3.46. The highest BCUT2D eigenvalue weighted by molar-refractivity contribution is 6.67. The Morgan fingerprint density at radius 3 is 2.76 bits per heavy atom. The van der Waals surface area contributed by atoms with Gasteiger partial charge in [0.05, 0.1) is 6.54 Å². The highest BCUT2D eigenvalue weighted by Gasteiger charge is 2.31. The molecule has 5 nitrogen and oxygen atoms in total. The molecule has 0 spiro atoms. The summed E-state index contributed by atoms with van der Waals surface area (Å²) in [7, 11) is 0. The summed E-state index contributed by atoms with van der Waals surface area (Å²) in [6, 6.07) is 0. The molecule has 0 aliphatic carbocycles. The molecule has 0 aromatic rings. The highest BCUT2D eigenvalue weighted by Crippen LogP contribution is 2.28. The monoisotopic (exact) mass is 234 g/mol. The van der Waals surface area contributed by atoms with Crippen molar-refractivity contribution in [2.45, 2.75) is 31.9 Å². The average Bonchev–Trinajstić information content (AvgIpc) is 2.76. The highest BCUT2D eigenvalue weighted by atomic mass is 16.6. The second-order valence-electron chi connectivity index (χ2n) is 4.71. The number of rotatable bonds is 2. The van der Waals surface area contributed by atoms with Crippen LogP contribution < -0.4 is 0 Å². The van der Waals surface area contributed by atoms with Crippen molar-refractivity contribution in [1.29, 1.82) is 5.26 Å². The van der Waals surface area contributed by atoms with Gasteiger partial charge in [0, 0.05) is 12.4 Å². The van der Waals surface area contributed by atoms with E-state index in [4.69, 9.17) is 10.00 Å². The molecule has 2 fully saturated rings. The first-order chi connectivity index (χ1) is 8.20. The summed E-state index contributed by atoms with van der Waals surface area (Å²) in [5.41, 5.74) is 0. The van der Waals surface area contributed by atoms with Gasteiger partial charge in [-0.2, -0.15) is 0 Å². The van der Waals surface area contributed by atoms with Gasteiger partial charge in [-0.05, 0) is 5.92 Å². The number of carbonyl (C=O) groups excluding carboxylic acids is 2. The molecule has 0 aromatic heterocycles. The van der Waals surface area contributed by atoms with Gasteiger partial charge in [-0.3, -0.25) is 4.79 Å². The lowest BCUT2D eigenvalue weighted by Crippen LogP contribution is -2.34. The Labute approximate surface area is 101 Å². The van der Waals surface area contributed by atoms with Crippen LogP contribution in [0.15, 0.2) is 0 Å². The van der Waals surface area contributed by atoms with E-state index in [9.17, 15) is 9.59 Å². The van der Waals surface area contributed by atoms with Gasteiger partial charge in [0.25, 0.3) is 6.71 Å². The Kier molecular flexibility index (Phi) is 3.67. The molecule has 2 aliphatic rings. The van der Waals surface area contributed by atoms with E-state index in [0.717, 1.165) is 25.5 Å². The van der Waals surface area contributed by atoms with Gasteiger partial charge in [0.15, 0.2) is 0 Å². The topological polar surface area (TPSA) is 70.4 Å². The van der Waals surface area contributed by atoms with Crippen molar-refractivity contribution in [1.82, 2.24) is 4.90 Å². The quantitative estimate of drug-likeness (QED) is 0.675. The second-order valence-corrected chi connectivity index (χ2v) is 4.71. The third kappa shape index (κ3) is 2.79. The molecule has 0 aromatic carbocycles. The molecule has 0 unspecified atom stereocenters. The number of hydrogen-bond acceptors (Lipinski definition) is 4. The summed E-state index contributed by atoms with van der Waals surface area (Å²) in [5.74, 6) is 2.46.